The highest BCUT2D eigenvalue weighted by molar-refractivity contribution is 5.82. The summed E-state index contributed by atoms with van der Waals surface area (Å²) in [5, 5.41) is 22.1. The van der Waals surface area contributed by atoms with Gasteiger partial charge in [-0.3, -0.25) is 4.79 Å². The van der Waals surface area contributed by atoms with E-state index in [1.165, 1.54) is 0 Å². The Morgan fingerprint density at radius 2 is 2.30 bits per heavy atom. The van der Waals surface area contributed by atoms with Crippen LogP contribution in [-0.2, 0) is 4.79 Å². The standard InChI is InChI=1S/C15H22N2O3/c1-3-17(15(20)14-8-13(19)9-16-14)10(2)11-5-4-6-12(18)7-11/h4-7,10,13-14,16,18-19H,3,8-9H2,1-2H3. The van der Waals surface area contributed by atoms with E-state index in [9.17, 15) is 15.0 Å². The second-order valence-electron chi connectivity index (χ2n) is 5.25. The molecule has 0 saturated carbocycles. The highest BCUT2D eigenvalue weighted by Gasteiger charge is 2.32. The fourth-order valence-corrected chi connectivity index (χ4v) is 2.69. The summed E-state index contributed by atoms with van der Waals surface area (Å²) >= 11 is 0. The van der Waals surface area contributed by atoms with Gasteiger partial charge in [-0.05, 0) is 38.0 Å². The minimum absolute atomic E-state index is 0.0000992. The maximum Gasteiger partial charge on any atom is 0.240 e. The minimum Gasteiger partial charge on any atom is -0.508 e. The number of β-amino-alcohol motifs (C(OH)–C–C–N with tert-alkyl or cyclic N) is 1. The molecule has 5 nitrogen and oxygen atoms in total. The zero-order valence-electron chi connectivity index (χ0n) is 11.9. The molecule has 0 radical (unpaired) electrons. The van der Waals surface area contributed by atoms with Crippen molar-refractivity contribution in [3.05, 3.63) is 29.8 Å². The Morgan fingerprint density at radius 1 is 1.55 bits per heavy atom. The zero-order chi connectivity index (χ0) is 14.7. The molecule has 1 heterocycles. The molecule has 0 spiro atoms. The van der Waals surface area contributed by atoms with Crippen LogP contribution in [0.25, 0.3) is 0 Å². The topological polar surface area (TPSA) is 72.8 Å². The van der Waals surface area contributed by atoms with Gasteiger partial charge in [-0.15, -0.1) is 0 Å². The van der Waals surface area contributed by atoms with Crippen LogP contribution in [0.3, 0.4) is 0 Å². The van der Waals surface area contributed by atoms with E-state index in [-0.39, 0.29) is 23.7 Å². The van der Waals surface area contributed by atoms with Gasteiger partial charge in [0.05, 0.1) is 18.2 Å². The number of benzene rings is 1. The molecule has 1 aliphatic heterocycles. The van der Waals surface area contributed by atoms with Gasteiger partial charge in [-0.1, -0.05) is 12.1 Å². The quantitative estimate of drug-likeness (QED) is 0.769. The van der Waals surface area contributed by atoms with Crippen LogP contribution in [0.4, 0.5) is 0 Å². The summed E-state index contributed by atoms with van der Waals surface area (Å²) in [4.78, 5) is 14.3. The number of carbonyl (C=O) groups is 1. The van der Waals surface area contributed by atoms with Gasteiger partial charge in [-0.25, -0.2) is 0 Å². The average Bonchev–Trinajstić information content (AvgIpc) is 2.86. The number of hydrogen-bond donors (Lipinski definition) is 3. The second kappa shape index (κ2) is 6.24. The van der Waals surface area contributed by atoms with Gasteiger partial charge < -0.3 is 20.4 Å². The Hall–Kier alpha value is -1.59. The molecule has 3 atom stereocenters. The Labute approximate surface area is 119 Å². The molecule has 2 rings (SSSR count). The summed E-state index contributed by atoms with van der Waals surface area (Å²) in [6.07, 6.45) is 0.0148. The normalized spacial score (nSPS) is 23.6. The molecule has 0 aliphatic carbocycles. The highest BCUT2D eigenvalue weighted by atomic mass is 16.3. The van der Waals surface area contributed by atoms with Crippen molar-refractivity contribution in [2.75, 3.05) is 13.1 Å². The van der Waals surface area contributed by atoms with E-state index in [4.69, 9.17) is 0 Å². The van der Waals surface area contributed by atoms with E-state index in [2.05, 4.69) is 5.32 Å². The van der Waals surface area contributed by atoms with E-state index in [0.29, 0.717) is 19.5 Å². The summed E-state index contributed by atoms with van der Waals surface area (Å²) in [7, 11) is 0. The van der Waals surface area contributed by atoms with Gasteiger partial charge in [0, 0.05) is 13.1 Å². The van der Waals surface area contributed by atoms with Gasteiger partial charge in [0.25, 0.3) is 0 Å². The van der Waals surface area contributed by atoms with E-state index in [1.807, 2.05) is 19.9 Å². The molecule has 1 amide bonds. The zero-order valence-corrected chi connectivity index (χ0v) is 11.9. The third-order valence-corrected chi connectivity index (χ3v) is 3.85. The van der Waals surface area contributed by atoms with Crippen molar-refractivity contribution >= 4 is 5.91 Å². The predicted octanol–water partition coefficient (Wildman–Crippen LogP) is 1.02. The summed E-state index contributed by atoms with van der Waals surface area (Å²) in [6.45, 7) is 4.93. The van der Waals surface area contributed by atoms with Gasteiger partial charge in [-0.2, -0.15) is 0 Å². The lowest BCUT2D eigenvalue weighted by Crippen LogP contribution is -2.44. The first-order valence-electron chi connectivity index (χ1n) is 7.03. The summed E-state index contributed by atoms with van der Waals surface area (Å²) in [5.41, 5.74) is 0.902. The molecule has 3 N–H and O–H groups in total. The van der Waals surface area contributed by atoms with Gasteiger partial charge in [0.15, 0.2) is 0 Å². The Bertz CT molecular complexity index is 478. The molecular formula is C15H22N2O3. The van der Waals surface area contributed by atoms with Crippen molar-refractivity contribution in [1.82, 2.24) is 10.2 Å². The first-order chi connectivity index (χ1) is 9.52. The third-order valence-electron chi connectivity index (χ3n) is 3.85. The van der Waals surface area contributed by atoms with Crippen LogP contribution in [0.1, 0.15) is 31.9 Å². The summed E-state index contributed by atoms with van der Waals surface area (Å²) in [5.74, 6) is 0.201. The maximum atomic E-state index is 12.5. The monoisotopic (exact) mass is 278 g/mol. The third kappa shape index (κ3) is 3.11. The fraction of sp³-hybridized carbons (Fsp3) is 0.533. The number of rotatable bonds is 4. The van der Waals surface area contributed by atoms with Crippen LogP contribution in [-0.4, -0.2) is 46.3 Å². The number of hydrogen-bond acceptors (Lipinski definition) is 4. The molecule has 1 saturated heterocycles. The molecule has 5 heteroatoms. The van der Waals surface area contributed by atoms with Crippen LogP contribution in [0.5, 0.6) is 5.75 Å². The number of amides is 1. The van der Waals surface area contributed by atoms with E-state index >= 15 is 0 Å². The number of aliphatic hydroxyl groups is 1. The van der Waals surface area contributed by atoms with Gasteiger partial charge >= 0.3 is 0 Å². The van der Waals surface area contributed by atoms with Crippen LogP contribution in [0.2, 0.25) is 0 Å². The molecule has 110 valence electrons. The minimum atomic E-state index is -0.446. The van der Waals surface area contributed by atoms with Crippen molar-refractivity contribution in [1.29, 1.82) is 0 Å². The van der Waals surface area contributed by atoms with E-state index < -0.39 is 6.10 Å². The SMILES string of the molecule is CCN(C(=O)C1CC(O)CN1)C(C)c1cccc(O)c1. The first kappa shape index (κ1) is 14.8. The Kier molecular flexibility index (Phi) is 4.62. The smallest absolute Gasteiger partial charge is 0.240 e. The number of aromatic hydroxyl groups is 1. The van der Waals surface area contributed by atoms with Crippen LogP contribution >= 0.6 is 0 Å². The maximum absolute atomic E-state index is 12.5. The molecule has 1 aromatic rings. The van der Waals surface area contributed by atoms with Crippen LogP contribution < -0.4 is 5.32 Å². The largest absolute Gasteiger partial charge is 0.508 e. The van der Waals surface area contributed by atoms with Gasteiger partial charge in [0.1, 0.15) is 5.75 Å². The summed E-state index contributed by atoms with van der Waals surface area (Å²) < 4.78 is 0. The predicted molar refractivity (Wildman–Crippen MR) is 76.3 cm³/mol. The number of phenolic OH excluding ortho intramolecular Hbond substituents is 1. The number of phenols is 1. The molecule has 1 fully saturated rings. The highest BCUT2D eigenvalue weighted by Crippen LogP contribution is 2.24. The second-order valence-corrected chi connectivity index (χ2v) is 5.25. The molecule has 0 aromatic heterocycles. The first-order valence-corrected chi connectivity index (χ1v) is 7.03. The number of nitrogens with zero attached hydrogens (tertiary/aromatic N) is 1. The summed E-state index contributed by atoms with van der Waals surface area (Å²) in [6, 6.07) is 6.54. The molecule has 3 unspecified atom stereocenters. The number of likely N-dealkylation sites (N-methyl/N-ethyl adjacent to an activating group) is 1. The van der Waals surface area contributed by atoms with Crippen molar-refractivity contribution in [3.63, 3.8) is 0 Å². The number of nitrogens with one attached hydrogen (secondary N) is 1. The van der Waals surface area contributed by atoms with Crippen LogP contribution in [0, 0.1) is 0 Å². The van der Waals surface area contributed by atoms with Crippen LogP contribution in [0.15, 0.2) is 24.3 Å². The molecule has 0 bridgehead atoms. The van der Waals surface area contributed by atoms with Crippen molar-refractivity contribution in [2.45, 2.75) is 38.5 Å². The Morgan fingerprint density at radius 3 is 2.85 bits per heavy atom. The van der Waals surface area contributed by atoms with Crippen molar-refractivity contribution in [3.8, 4) is 5.75 Å². The van der Waals surface area contributed by atoms with Gasteiger partial charge in [0.2, 0.25) is 5.91 Å². The van der Waals surface area contributed by atoms with Crippen molar-refractivity contribution in [2.24, 2.45) is 0 Å². The lowest BCUT2D eigenvalue weighted by atomic mass is 10.0. The molecular weight excluding hydrogens is 256 g/mol. The van der Waals surface area contributed by atoms with E-state index in [1.54, 1.807) is 23.1 Å². The lowest BCUT2D eigenvalue weighted by molar-refractivity contribution is -0.135. The average molecular weight is 278 g/mol. The molecule has 1 aromatic carbocycles. The van der Waals surface area contributed by atoms with E-state index in [0.717, 1.165) is 5.56 Å². The number of aliphatic hydroxyl groups excluding tert-OH is 1. The lowest BCUT2D eigenvalue weighted by Gasteiger charge is -2.30. The number of carbonyl (C=O) groups excluding carboxylic acids is 1. The molecule has 1 aliphatic rings. The molecule has 20 heavy (non-hydrogen) atoms. The Balaban J connectivity index is 2.13. The fourth-order valence-electron chi connectivity index (χ4n) is 2.69. The van der Waals surface area contributed by atoms with Crippen molar-refractivity contribution < 1.29 is 15.0 Å².